The first-order chi connectivity index (χ1) is 17.0. The van der Waals surface area contributed by atoms with E-state index in [1.165, 1.54) is 6.33 Å². The first-order valence-electron chi connectivity index (χ1n) is 11.6. The third-order valence-corrected chi connectivity index (χ3v) is 6.23. The molecule has 1 saturated heterocycles. The minimum absolute atomic E-state index is 0.0555. The summed E-state index contributed by atoms with van der Waals surface area (Å²) in [5, 5.41) is 12.0. The molecule has 0 atom stereocenters. The zero-order valence-corrected chi connectivity index (χ0v) is 19.7. The Morgan fingerprint density at radius 3 is 2.49 bits per heavy atom. The van der Waals surface area contributed by atoms with E-state index in [-0.39, 0.29) is 24.2 Å². The average Bonchev–Trinajstić information content (AvgIpc) is 3.32. The molecule has 0 saturated carbocycles. The molecule has 10 nitrogen and oxygen atoms in total. The first kappa shape index (κ1) is 22.9. The zero-order chi connectivity index (χ0) is 24.4. The summed E-state index contributed by atoms with van der Waals surface area (Å²) in [5.74, 6) is 2.64. The van der Waals surface area contributed by atoms with E-state index in [0.29, 0.717) is 24.8 Å². The second-order valence-corrected chi connectivity index (χ2v) is 8.88. The van der Waals surface area contributed by atoms with Crippen molar-refractivity contribution >= 4 is 11.5 Å². The summed E-state index contributed by atoms with van der Waals surface area (Å²) in [6, 6.07) is 13.5. The van der Waals surface area contributed by atoms with Crippen LogP contribution in [0, 0.1) is 10.1 Å². The van der Waals surface area contributed by atoms with Crippen LogP contribution in [0.3, 0.4) is 0 Å². The Balaban J connectivity index is 1.28. The van der Waals surface area contributed by atoms with E-state index < -0.39 is 4.92 Å². The molecule has 1 aromatic heterocycles. The molecule has 182 valence electrons. The number of aromatic nitrogens is 2. The molecule has 2 aliphatic rings. The van der Waals surface area contributed by atoms with E-state index in [9.17, 15) is 10.1 Å². The van der Waals surface area contributed by atoms with Gasteiger partial charge in [-0.25, -0.2) is 4.98 Å². The van der Waals surface area contributed by atoms with Gasteiger partial charge in [0.05, 0.1) is 4.92 Å². The lowest BCUT2D eigenvalue weighted by molar-refractivity contribution is -0.385. The zero-order valence-electron chi connectivity index (χ0n) is 19.7. The standard InChI is InChI=1S/C25H27N5O5/c1-17(2)19-4-6-20(7-5-19)35-25-23(30(31)32)24(26-15-27-25)29-11-9-28(10-12-29)14-18-3-8-21-22(13-18)34-16-33-21/h3-8,13,15,17H,9-12,14,16H2,1-2H3. The van der Waals surface area contributed by atoms with Gasteiger partial charge in [0.1, 0.15) is 12.1 Å². The fraction of sp³-hybridized carbons (Fsp3) is 0.360. The van der Waals surface area contributed by atoms with Gasteiger partial charge in [-0.3, -0.25) is 15.0 Å². The molecule has 10 heteroatoms. The highest BCUT2D eigenvalue weighted by atomic mass is 16.7. The molecule has 2 aromatic carbocycles. The van der Waals surface area contributed by atoms with Crippen LogP contribution in [0.5, 0.6) is 23.1 Å². The van der Waals surface area contributed by atoms with E-state index in [0.717, 1.165) is 42.3 Å². The van der Waals surface area contributed by atoms with Crippen LogP contribution in [0.2, 0.25) is 0 Å². The Morgan fingerprint density at radius 2 is 1.77 bits per heavy atom. The van der Waals surface area contributed by atoms with Crippen molar-refractivity contribution in [1.82, 2.24) is 14.9 Å². The molecule has 0 unspecified atom stereocenters. The normalized spacial score (nSPS) is 15.5. The molecule has 1 fully saturated rings. The van der Waals surface area contributed by atoms with Gasteiger partial charge in [0.2, 0.25) is 12.6 Å². The van der Waals surface area contributed by atoms with Crippen LogP contribution >= 0.6 is 0 Å². The summed E-state index contributed by atoms with van der Waals surface area (Å²) >= 11 is 0. The van der Waals surface area contributed by atoms with Crippen LogP contribution in [0.1, 0.15) is 30.9 Å². The van der Waals surface area contributed by atoms with Gasteiger partial charge in [0.25, 0.3) is 0 Å². The second-order valence-electron chi connectivity index (χ2n) is 8.88. The smallest absolute Gasteiger partial charge is 0.373 e. The van der Waals surface area contributed by atoms with Crippen LogP contribution in [-0.2, 0) is 6.54 Å². The number of hydrogen-bond donors (Lipinski definition) is 0. The molecule has 0 N–H and O–H groups in total. The molecule has 0 spiro atoms. The summed E-state index contributed by atoms with van der Waals surface area (Å²) in [4.78, 5) is 24.1. The van der Waals surface area contributed by atoms with Gasteiger partial charge >= 0.3 is 11.6 Å². The largest absolute Gasteiger partial charge is 0.454 e. The van der Waals surface area contributed by atoms with Crippen molar-refractivity contribution in [1.29, 1.82) is 0 Å². The third-order valence-electron chi connectivity index (χ3n) is 6.23. The SMILES string of the molecule is CC(C)c1ccc(Oc2ncnc(N3CCN(Cc4ccc5c(c4)OCO5)CC3)c2[N+](=O)[O-])cc1. The molecule has 0 aliphatic carbocycles. The van der Waals surface area contributed by atoms with Gasteiger partial charge in [-0.2, -0.15) is 4.98 Å². The molecule has 0 amide bonds. The van der Waals surface area contributed by atoms with Gasteiger partial charge in [0.15, 0.2) is 11.5 Å². The van der Waals surface area contributed by atoms with Gasteiger partial charge in [0, 0.05) is 32.7 Å². The van der Waals surface area contributed by atoms with Gasteiger partial charge in [-0.15, -0.1) is 0 Å². The highest BCUT2D eigenvalue weighted by Gasteiger charge is 2.31. The maximum absolute atomic E-state index is 12.0. The lowest BCUT2D eigenvalue weighted by atomic mass is 10.0. The van der Waals surface area contributed by atoms with Crippen LogP contribution in [0.15, 0.2) is 48.8 Å². The fourth-order valence-electron chi connectivity index (χ4n) is 4.27. The van der Waals surface area contributed by atoms with Crippen molar-refractivity contribution in [3.05, 3.63) is 70.0 Å². The van der Waals surface area contributed by atoms with Crippen LogP contribution in [0.25, 0.3) is 0 Å². The molecule has 0 radical (unpaired) electrons. The summed E-state index contributed by atoms with van der Waals surface area (Å²) in [7, 11) is 0. The highest BCUT2D eigenvalue weighted by Crippen LogP contribution is 2.37. The second kappa shape index (κ2) is 9.75. The van der Waals surface area contributed by atoms with Crippen molar-refractivity contribution in [3.8, 4) is 23.1 Å². The number of benzene rings is 2. The Kier molecular flexibility index (Phi) is 6.37. The van der Waals surface area contributed by atoms with Crippen molar-refractivity contribution < 1.29 is 19.1 Å². The average molecular weight is 478 g/mol. The lowest BCUT2D eigenvalue weighted by Crippen LogP contribution is -2.46. The molecule has 3 heterocycles. The molecular weight excluding hydrogens is 450 g/mol. The van der Waals surface area contributed by atoms with Gasteiger partial charge < -0.3 is 19.1 Å². The highest BCUT2D eigenvalue weighted by molar-refractivity contribution is 5.63. The summed E-state index contributed by atoms with van der Waals surface area (Å²) in [6.45, 7) is 7.90. The number of anilines is 1. The number of rotatable bonds is 7. The molecular formula is C25H27N5O5. The summed E-state index contributed by atoms with van der Waals surface area (Å²) in [5.41, 5.74) is 2.08. The molecule has 5 rings (SSSR count). The van der Waals surface area contributed by atoms with Crippen LogP contribution < -0.4 is 19.1 Å². The summed E-state index contributed by atoms with van der Waals surface area (Å²) in [6.07, 6.45) is 1.32. The Bertz CT molecular complexity index is 1210. The minimum Gasteiger partial charge on any atom is -0.454 e. The minimum atomic E-state index is -0.466. The van der Waals surface area contributed by atoms with Crippen molar-refractivity contribution in [2.75, 3.05) is 37.9 Å². The van der Waals surface area contributed by atoms with Crippen molar-refractivity contribution in [2.45, 2.75) is 26.3 Å². The Morgan fingerprint density at radius 1 is 1.03 bits per heavy atom. The van der Waals surface area contributed by atoms with E-state index in [1.54, 1.807) is 12.1 Å². The van der Waals surface area contributed by atoms with Gasteiger partial charge in [-0.1, -0.05) is 32.0 Å². The predicted molar refractivity (Wildman–Crippen MR) is 129 cm³/mol. The molecule has 35 heavy (non-hydrogen) atoms. The number of hydrogen-bond acceptors (Lipinski definition) is 9. The monoisotopic (exact) mass is 477 g/mol. The molecule has 0 bridgehead atoms. The molecule has 3 aromatic rings. The van der Waals surface area contributed by atoms with E-state index >= 15 is 0 Å². The number of ether oxygens (including phenoxy) is 3. The summed E-state index contributed by atoms with van der Waals surface area (Å²) < 4.78 is 16.7. The maximum Gasteiger partial charge on any atom is 0.373 e. The Labute approximate surface area is 203 Å². The number of fused-ring (bicyclic) bond motifs is 1. The first-order valence-corrected chi connectivity index (χ1v) is 11.6. The maximum atomic E-state index is 12.0. The van der Waals surface area contributed by atoms with Crippen LogP contribution in [-0.4, -0.2) is 52.8 Å². The van der Waals surface area contributed by atoms with E-state index in [2.05, 4.69) is 28.7 Å². The Hall–Kier alpha value is -3.92. The third kappa shape index (κ3) is 4.97. The quantitative estimate of drug-likeness (QED) is 0.363. The van der Waals surface area contributed by atoms with Crippen molar-refractivity contribution in [2.24, 2.45) is 0 Å². The number of nitrogens with zero attached hydrogens (tertiary/aromatic N) is 5. The lowest BCUT2D eigenvalue weighted by Gasteiger charge is -2.35. The van der Waals surface area contributed by atoms with Gasteiger partial charge in [-0.05, 0) is 41.3 Å². The predicted octanol–water partition coefficient (Wildman–Crippen LogP) is 4.35. The van der Waals surface area contributed by atoms with E-state index in [1.807, 2.05) is 35.2 Å². The number of piperazine rings is 1. The van der Waals surface area contributed by atoms with Crippen LogP contribution in [0.4, 0.5) is 11.5 Å². The topological polar surface area (TPSA) is 103 Å². The molecule has 2 aliphatic heterocycles. The van der Waals surface area contributed by atoms with Crippen molar-refractivity contribution in [3.63, 3.8) is 0 Å². The fourth-order valence-corrected chi connectivity index (χ4v) is 4.27. The van der Waals surface area contributed by atoms with E-state index in [4.69, 9.17) is 14.2 Å². The number of nitro groups is 1.